The summed E-state index contributed by atoms with van der Waals surface area (Å²) in [5.41, 5.74) is 0.383. The Morgan fingerprint density at radius 3 is 2.42 bits per heavy atom. The zero-order chi connectivity index (χ0) is 23.8. The van der Waals surface area contributed by atoms with Gasteiger partial charge in [-0.05, 0) is 51.9 Å². The maximum atomic E-state index is 13.1. The molecule has 1 aliphatic heterocycles. The fourth-order valence-corrected chi connectivity index (χ4v) is 5.92. The van der Waals surface area contributed by atoms with Gasteiger partial charge in [-0.25, -0.2) is 8.42 Å². The minimum atomic E-state index is -3.68. The number of hydrogen-bond acceptors (Lipinski definition) is 6. The van der Waals surface area contributed by atoms with Gasteiger partial charge in [-0.3, -0.25) is 9.69 Å². The highest BCUT2D eigenvalue weighted by molar-refractivity contribution is 7.89. The van der Waals surface area contributed by atoms with Crippen molar-refractivity contribution >= 4 is 21.6 Å². The quantitative estimate of drug-likeness (QED) is 0.612. The van der Waals surface area contributed by atoms with Crippen LogP contribution >= 0.6 is 0 Å². The third kappa shape index (κ3) is 7.40. The van der Waals surface area contributed by atoms with Crippen LogP contribution in [0.15, 0.2) is 23.1 Å². The lowest BCUT2D eigenvalue weighted by Gasteiger charge is -2.29. The van der Waals surface area contributed by atoms with E-state index >= 15 is 0 Å². The normalized spacial score (nSPS) is 19.3. The maximum absolute atomic E-state index is 13.1. The summed E-state index contributed by atoms with van der Waals surface area (Å²) in [6.07, 6.45) is 8.33. The second kappa shape index (κ2) is 12.1. The molecule has 33 heavy (non-hydrogen) atoms. The van der Waals surface area contributed by atoms with Crippen molar-refractivity contribution in [1.82, 2.24) is 9.21 Å². The molecule has 3 rings (SSSR count). The number of likely N-dealkylation sites (N-methyl/N-ethyl adjacent to an activating group) is 1. The van der Waals surface area contributed by atoms with Crippen LogP contribution in [-0.2, 0) is 19.6 Å². The third-order valence-corrected chi connectivity index (χ3v) is 8.18. The molecule has 1 N–H and O–H groups in total. The summed E-state index contributed by atoms with van der Waals surface area (Å²) < 4.78 is 38.8. The highest BCUT2D eigenvalue weighted by atomic mass is 32.2. The Morgan fingerprint density at radius 2 is 1.79 bits per heavy atom. The average molecular weight is 482 g/mol. The first-order valence-electron chi connectivity index (χ1n) is 12.2. The number of sulfonamides is 1. The van der Waals surface area contributed by atoms with Gasteiger partial charge < -0.3 is 14.8 Å². The molecular weight excluding hydrogens is 442 g/mol. The number of ether oxygens (including phenoxy) is 2. The Balaban J connectivity index is 1.74. The number of benzene rings is 1. The molecule has 0 unspecified atom stereocenters. The van der Waals surface area contributed by atoms with Crippen molar-refractivity contribution in [3.05, 3.63) is 18.2 Å². The molecule has 0 atom stereocenters. The molecule has 1 amide bonds. The van der Waals surface area contributed by atoms with Gasteiger partial charge in [0, 0.05) is 19.1 Å². The molecule has 0 aromatic heterocycles. The van der Waals surface area contributed by atoms with Gasteiger partial charge in [-0.15, -0.1) is 0 Å². The molecule has 1 heterocycles. The first kappa shape index (κ1) is 25.9. The van der Waals surface area contributed by atoms with Crippen LogP contribution in [0.1, 0.15) is 58.8 Å². The smallest absolute Gasteiger partial charge is 0.243 e. The zero-order valence-corrected chi connectivity index (χ0v) is 21.0. The molecule has 1 saturated carbocycles. The van der Waals surface area contributed by atoms with Gasteiger partial charge in [-0.2, -0.15) is 4.31 Å². The SMILES string of the molecule is CC(C)Oc1ccc(S(=O)(=O)N2CCOCC2)cc1NC(=O)CN(C)C1CCCCCCC1. The van der Waals surface area contributed by atoms with Crippen LogP contribution in [0.3, 0.4) is 0 Å². The summed E-state index contributed by atoms with van der Waals surface area (Å²) in [7, 11) is -1.68. The molecular formula is C24H39N3O5S. The van der Waals surface area contributed by atoms with Gasteiger partial charge in [0.2, 0.25) is 15.9 Å². The second-order valence-corrected chi connectivity index (χ2v) is 11.2. The van der Waals surface area contributed by atoms with Gasteiger partial charge in [0.25, 0.3) is 0 Å². The van der Waals surface area contributed by atoms with E-state index in [4.69, 9.17) is 9.47 Å². The van der Waals surface area contributed by atoms with Crippen molar-refractivity contribution in [2.24, 2.45) is 0 Å². The monoisotopic (exact) mass is 481 g/mol. The fourth-order valence-electron chi connectivity index (χ4n) is 4.48. The molecule has 1 saturated heterocycles. The lowest BCUT2D eigenvalue weighted by molar-refractivity contribution is -0.117. The zero-order valence-electron chi connectivity index (χ0n) is 20.2. The predicted octanol–water partition coefficient (Wildman–Crippen LogP) is 3.48. The molecule has 8 nitrogen and oxygen atoms in total. The Morgan fingerprint density at radius 1 is 1.15 bits per heavy atom. The Kier molecular flexibility index (Phi) is 9.55. The molecule has 9 heteroatoms. The molecule has 2 aliphatic rings. The van der Waals surface area contributed by atoms with Crippen molar-refractivity contribution in [3.8, 4) is 5.75 Å². The number of anilines is 1. The third-order valence-electron chi connectivity index (χ3n) is 6.29. The summed E-state index contributed by atoms with van der Waals surface area (Å²) in [5.74, 6) is 0.293. The fraction of sp³-hybridized carbons (Fsp3) is 0.708. The lowest BCUT2D eigenvalue weighted by Crippen LogP contribution is -2.40. The average Bonchev–Trinajstić information content (AvgIpc) is 2.74. The van der Waals surface area contributed by atoms with Gasteiger partial charge in [0.1, 0.15) is 5.75 Å². The summed E-state index contributed by atoms with van der Waals surface area (Å²) in [4.78, 5) is 15.2. The summed E-state index contributed by atoms with van der Waals surface area (Å²) in [6.45, 7) is 5.45. The standard InChI is InChI=1S/C24H39N3O5S/c1-19(2)32-23-12-11-21(33(29,30)27-13-15-31-16-14-27)17-22(23)25-24(28)18-26(3)20-9-7-5-4-6-8-10-20/h11-12,17,19-20H,4-10,13-16,18H2,1-3H3,(H,25,28). The van der Waals surface area contributed by atoms with E-state index in [2.05, 4.69) is 10.2 Å². The Hall–Kier alpha value is -1.68. The van der Waals surface area contributed by atoms with E-state index in [9.17, 15) is 13.2 Å². The number of nitrogens with one attached hydrogen (secondary N) is 1. The summed E-state index contributed by atoms with van der Waals surface area (Å²) in [6, 6.07) is 5.08. The van der Waals surface area contributed by atoms with Crippen molar-refractivity contribution in [2.45, 2.75) is 75.8 Å². The van der Waals surface area contributed by atoms with Crippen LogP contribution in [0.25, 0.3) is 0 Å². The molecule has 0 spiro atoms. The number of carbonyl (C=O) groups is 1. The molecule has 186 valence electrons. The van der Waals surface area contributed by atoms with Crippen LogP contribution in [0.4, 0.5) is 5.69 Å². The number of rotatable bonds is 8. The van der Waals surface area contributed by atoms with E-state index in [0.717, 1.165) is 12.8 Å². The van der Waals surface area contributed by atoms with E-state index in [1.165, 1.54) is 42.5 Å². The molecule has 2 fully saturated rings. The first-order valence-corrected chi connectivity index (χ1v) is 13.6. The van der Waals surface area contributed by atoms with Crippen LogP contribution in [0, 0.1) is 0 Å². The summed E-state index contributed by atoms with van der Waals surface area (Å²) in [5, 5.41) is 2.92. The number of amides is 1. The maximum Gasteiger partial charge on any atom is 0.243 e. The minimum Gasteiger partial charge on any atom is -0.489 e. The van der Waals surface area contributed by atoms with Crippen LogP contribution in [0.2, 0.25) is 0 Å². The first-order chi connectivity index (χ1) is 15.8. The number of hydrogen-bond donors (Lipinski definition) is 1. The number of nitrogens with zero attached hydrogens (tertiary/aromatic N) is 2. The van der Waals surface area contributed by atoms with E-state index in [0.29, 0.717) is 43.8 Å². The Labute approximate surface area is 198 Å². The van der Waals surface area contributed by atoms with Crippen molar-refractivity contribution < 1.29 is 22.7 Å². The topological polar surface area (TPSA) is 88.2 Å². The molecule has 1 aromatic carbocycles. The van der Waals surface area contributed by atoms with Crippen LogP contribution in [0.5, 0.6) is 5.75 Å². The van der Waals surface area contributed by atoms with Crippen molar-refractivity contribution in [2.75, 3.05) is 45.2 Å². The molecule has 0 radical (unpaired) electrons. The van der Waals surface area contributed by atoms with E-state index in [1.807, 2.05) is 20.9 Å². The number of carbonyl (C=O) groups excluding carboxylic acids is 1. The number of morpholine rings is 1. The van der Waals surface area contributed by atoms with Crippen molar-refractivity contribution in [1.29, 1.82) is 0 Å². The van der Waals surface area contributed by atoms with Crippen LogP contribution in [-0.4, -0.2) is 75.6 Å². The predicted molar refractivity (Wildman–Crippen MR) is 129 cm³/mol. The lowest BCUT2D eigenvalue weighted by atomic mass is 9.96. The largest absolute Gasteiger partial charge is 0.489 e. The molecule has 1 aliphatic carbocycles. The van der Waals surface area contributed by atoms with E-state index in [1.54, 1.807) is 12.1 Å². The minimum absolute atomic E-state index is 0.111. The molecule has 1 aromatic rings. The van der Waals surface area contributed by atoms with Crippen molar-refractivity contribution in [3.63, 3.8) is 0 Å². The second-order valence-electron chi connectivity index (χ2n) is 9.30. The Bertz CT molecular complexity index is 876. The highest BCUT2D eigenvalue weighted by Crippen LogP contribution is 2.30. The van der Waals surface area contributed by atoms with Gasteiger partial charge in [0.05, 0.1) is 36.4 Å². The van der Waals surface area contributed by atoms with Gasteiger partial charge in [0.15, 0.2) is 0 Å². The van der Waals surface area contributed by atoms with Gasteiger partial charge >= 0.3 is 0 Å². The summed E-state index contributed by atoms with van der Waals surface area (Å²) >= 11 is 0. The van der Waals surface area contributed by atoms with Gasteiger partial charge in [-0.1, -0.05) is 32.1 Å². The van der Waals surface area contributed by atoms with E-state index in [-0.39, 0.29) is 23.5 Å². The highest BCUT2D eigenvalue weighted by Gasteiger charge is 2.28. The molecule has 0 bridgehead atoms. The van der Waals surface area contributed by atoms with E-state index < -0.39 is 10.0 Å². The van der Waals surface area contributed by atoms with Crippen LogP contribution < -0.4 is 10.1 Å².